The van der Waals surface area contributed by atoms with Crippen molar-refractivity contribution >= 4 is 17.5 Å². The van der Waals surface area contributed by atoms with Crippen LogP contribution in [0.25, 0.3) is 11.3 Å². The first-order chi connectivity index (χ1) is 13.6. The van der Waals surface area contributed by atoms with Crippen molar-refractivity contribution in [3.05, 3.63) is 70.6 Å². The monoisotopic (exact) mass is 400 g/mol. The number of benzene rings is 2. The Kier molecular flexibility index (Phi) is 5.30. The first kappa shape index (κ1) is 18.5. The Morgan fingerprint density at radius 3 is 2.68 bits per heavy atom. The van der Waals surface area contributed by atoms with Crippen LogP contribution in [0.1, 0.15) is 17.7 Å². The molecule has 0 unspecified atom stereocenters. The minimum absolute atomic E-state index is 0.00543. The molecule has 0 atom stereocenters. The number of amides is 1. The molecule has 4 rings (SSSR count). The molecule has 1 amide bonds. The summed E-state index contributed by atoms with van der Waals surface area (Å²) in [7, 11) is 0. The first-order valence-corrected chi connectivity index (χ1v) is 9.37. The normalized spacial score (nSPS) is 13.3. The smallest absolute Gasteiger partial charge is 0.226 e. The van der Waals surface area contributed by atoms with Crippen molar-refractivity contribution in [1.29, 1.82) is 0 Å². The maximum absolute atomic E-state index is 13.2. The molecule has 0 spiro atoms. The van der Waals surface area contributed by atoms with Crippen LogP contribution in [-0.4, -0.2) is 29.1 Å². The third-order valence-corrected chi connectivity index (χ3v) is 4.95. The zero-order chi connectivity index (χ0) is 19.5. The Balaban J connectivity index is 1.39. The van der Waals surface area contributed by atoms with Gasteiger partial charge in [-0.05, 0) is 48.5 Å². The maximum atomic E-state index is 13.2. The zero-order valence-electron chi connectivity index (χ0n) is 15.0. The van der Waals surface area contributed by atoms with E-state index in [1.807, 2.05) is 0 Å². The van der Waals surface area contributed by atoms with E-state index in [9.17, 15) is 9.18 Å². The number of carbonyl (C=O) groups is 1. The highest BCUT2D eigenvalue weighted by Gasteiger charge is 2.27. The van der Waals surface area contributed by atoms with E-state index in [2.05, 4.69) is 5.16 Å². The molecule has 1 aliphatic rings. The van der Waals surface area contributed by atoms with Crippen molar-refractivity contribution in [3.8, 4) is 17.1 Å². The molecule has 1 aromatic heterocycles. The van der Waals surface area contributed by atoms with Crippen molar-refractivity contribution in [2.24, 2.45) is 0 Å². The summed E-state index contributed by atoms with van der Waals surface area (Å²) in [5.41, 5.74) is 2.47. The van der Waals surface area contributed by atoms with Crippen molar-refractivity contribution in [2.45, 2.75) is 19.4 Å². The molecule has 0 bridgehead atoms. The third-order valence-electron chi connectivity index (χ3n) is 4.69. The van der Waals surface area contributed by atoms with Crippen molar-refractivity contribution in [1.82, 2.24) is 10.1 Å². The molecule has 5 nitrogen and oxygen atoms in total. The molecule has 0 radical (unpaired) electrons. The number of halogens is 2. The molecule has 144 valence electrons. The predicted molar refractivity (Wildman–Crippen MR) is 103 cm³/mol. The second-order valence-corrected chi connectivity index (χ2v) is 7.00. The van der Waals surface area contributed by atoms with Gasteiger partial charge in [-0.1, -0.05) is 16.8 Å². The van der Waals surface area contributed by atoms with Gasteiger partial charge >= 0.3 is 0 Å². The summed E-state index contributed by atoms with van der Waals surface area (Å²) in [5.74, 6) is 0.959. The highest BCUT2D eigenvalue weighted by Crippen LogP contribution is 2.30. The summed E-state index contributed by atoms with van der Waals surface area (Å²) in [6, 6.07) is 13.1. The lowest BCUT2D eigenvalue weighted by Crippen LogP contribution is -2.36. The average Bonchev–Trinajstić information content (AvgIpc) is 3.13. The summed E-state index contributed by atoms with van der Waals surface area (Å²) in [6.07, 6.45) is 0.902. The Labute approximate surface area is 166 Å². The van der Waals surface area contributed by atoms with Crippen LogP contribution in [0.15, 0.2) is 53.1 Å². The van der Waals surface area contributed by atoms with Gasteiger partial charge in [0, 0.05) is 29.1 Å². The van der Waals surface area contributed by atoms with Gasteiger partial charge < -0.3 is 14.2 Å². The number of carbonyl (C=O) groups excluding carboxylic acids is 1. The fourth-order valence-corrected chi connectivity index (χ4v) is 3.32. The van der Waals surface area contributed by atoms with Gasteiger partial charge in [0.2, 0.25) is 5.91 Å². The minimum Gasteiger partial charge on any atom is -0.493 e. The summed E-state index contributed by atoms with van der Waals surface area (Å²) in [6.45, 7) is 1.30. The Hall–Kier alpha value is -2.86. The lowest BCUT2D eigenvalue weighted by atomic mass is 10.0. The van der Waals surface area contributed by atoms with E-state index in [-0.39, 0.29) is 24.8 Å². The Bertz CT molecular complexity index is 970. The summed E-state index contributed by atoms with van der Waals surface area (Å²) >= 11 is 5.85. The van der Waals surface area contributed by atoms with Gasteiger partial charge in [-0.3, -0.25) is 4.79 Å². The SMILES string of the molecule is O=C(CCOc1ccc(Cl)cc1)N1CCc2noc(-c3ccc(F)cc3)c2C1. The van der Waals surface area contributed by atoms with E-state index < -0.39 is 0 Å². The van der Waals surface area contributed by atoms with Crippen LogP contribution in [0.2, 0.25) is 5.02 Å². The molecule has 2 aromatic carbocycles. The van der Waals surface area contributed by atoms with Gasteiger partial charge in [-0.15, -0.1) is 0 Å². The first-order valence-electron chi connectivity index (χ1n) is 8.99. The third kappa shape index (κ3) is 4.02. The van der Waals surface area contributed by atoms with E-state index in [4.69, 9.17) is 20.9 Å². The van der Waals surface area contributed by atoms with Gasteiger partial charge in [-0.25, -0.2) is 4.39 Å². The molecule has 3 aromatic rings. The number of aromatic nitrogens is 1. The van der Waals surface area contributed by atoms with Crippen LogP contribution in [0, 0.1) is 5.82 Å². The molecule has 0 N–H and O–H groups in total. The van der Waals surface area contributed by atoms with Crippen molar-refractivity contribution in [3.63, 3.8) is 0 Å². The lowest BCUT2D eigenvalue weighted by Gasteiger charge is -2.26. The van der Waals surface area contributed by atoms with Crippen molar-refractivity contribution in [2.75, 3.05) is 13.2 Å². The van der Waals surface area contributed by atoms with Gasteiger partial charge in [0.1, 0.15) is 11.6 Å². The van der Waals surface area contributed by atoms with Crippen LogP contribution >= 0.6 is 11.6 Å². The number of fused-ring (bicyclic) bond motifs is 1. The van der Waals surface area contributed by atoms with Gasteiger partial charge in [0.15, 0.2) is 5.76 Å². The highest BCUT2D eigenvalue weighted by atomic mass is 35.5. The average molecular weight is 401 g/mol. The summed E-state index contributed by atoms with van der Waals surface area (Å²) in [4.78, 5) is 14.4. The number of ether oxygens (including phenoxy) is 1. The molecule has 0 aliphatic carbocycles. The quantitative estimate of drug-likeness (QED) is 0.633. The molecule has 0 saturated carbocycles. The van der Waals surface area contributed by atoms with Crippen LogP contribution in [0.5, 0.6) is 5.75 Å². The van der Waals surface area contributed by atoms with Crippen LogP contribution in [0.3, 0.4) is 0 Å². The van der Waals surface area contributed by atoms with E-state index in [1.165, 1.54) is 12.1 Å². The lowest BCUT2D eigenvalue weighted by molar-refractivity contribution is -0.132. The molecule has 7 heteroatoms. The maximum Gasteiger partial charge on any atom is 0.226 e. The molecule has 2 heterocycles. The molecule has 28 heavy (non-hydrogen) atoms. The molecule has 1 aliphatic heterocycles. The Morgan fingerprint density at radius 1 is 1.18 bits per heavy atom. The number of hydrogen-bond acceptors (Lipinski definition) is 4. The number of hydrogen-bond donors (Lipinski definition) is 0. The Morgan fingerprint density at radius 2 is 1.93 bits per heavy atom. The van der Waals surface area contributed by atoms with Crippen LogP contribution < -0.4 is 4.74 Å². The fraction of sp³-hybridized carbons (Fsp3) is 0.238. The van der Waals surface area contributed by atoms with Crippen molar-refractivity contribution < 1.29 is 18.4 Å². The topological polar surface area (TPSA) is 55.6 Å². The van der Waals surface area contributed by atoms with Gasteiger partial charge in [0.25, 0.3) is 0 Å². The molecular formula is C21H18ClFN2O3. The van der Waals surface area contributed by atoms with Crippen LogP contribution in [0.4, 0.5) is 4.39 Å². The number of nitrogens with zero attached hydrogens (tertiary/aromatic N) is 2. The van der Waals surface area contributed by atoms with E-state index in [0.717, 1.165) is 16.8 Å². The second-order valence-electron chi connectivity index (χ2n) is 6.56. The fourth-order valence-electron chi connectivity index (χ4n) is 3.20. The van der Waals surface area contributed by atoms with Crippen LogP contribution in [-0.2, 0) is 17.8 Å². The highest BCUT2D eigenvalue weighted by molar-refractivity contribution is 6.30. The number of rotatable bonds is 5. The standard InChI is InChI=1S/C21H18ClFN2O3/c22-15-3-7-17(8-4-15)27-12-10-20(26)25-11-9-19-18(13-25)21(28-24-19)14-1-5-16(23)6-2-14/h1-8H,9-13H2. The largest absolute Gasteiger partial charge is 0.493 e. The van der Waals surface area contributed by atoms with Gasteiger partial charge in [-0.2, -0.15) is 0 Å². The van der Waals surface area contributed by atoms with E-state index in [1.54, 1.807) is 41.3 Å². The minimum atomic E-state index is -0.311. The molecule has 0 saturated heterocycles. The van der Waals surface area contributed by atoms with Gasteiger partial charge in [0.05, 0.1) is 25.3 Å². The second kappa shape index (κ2) is 8.02. The zero-order valence-corrected chi connectivity index (χ0v) is 15.8. The summed E-state index contributed by atoms with van der Waals surface area (Å²) < 4.78 is 24.3. The molecular weight excluding hydrogens is 383 g/mol. The predicted octanol–water partition coefficient (Wildman–Crippen LogP) is 4.49. The summed E-state index contributed by atoms with van der Waals surface area (Å²) in [5, 5.41) is 4.75. The van der Waals surface area contributed by atoms with E-state index >= 15 is 0 Å². The van der Waals surface area contributed by atoms with E-state index in [0.29, 0.717) is 36.0 Å². The molecule has 0 fully saturated rings.